The Balaban J connectivity index is 1.79. The van der Waals surface area contributed by atoms with Crippen molar-refractivity contribution in [3.63, 3.8) is 0 Å². The molecule has 0 saturated heterocycles. The van der Waals surface area contributed by atoms with Crippen LogP contribution in [0.4, 0.5) is 5.69 Å². The molecule has 2 aromatic heterocycles. The highest BCUT2D eigenvalue weighted by atomic mass is 16.5. The van der Waals surface area contributed by atoms with E-state index in [1.807, 2.05) is 0 Å². The fourth-order valence-electron chi connectivity index (χ4n) is 2.14. The van der Waals surface area contributed by atoms with E-state index in [0.29, 0.717) is 17.2 Å². The lowest BCUT2D eigenvalue weighted by Crippen LogP contribution is -2.30. The van der Waals surface area contributed by atoms with Gasteiger partial charge in [-0.3, -0.25) is 9.59 Å². The molecule has 0 aliphatic heterocycles. The Bertz CT molecular complexity index is 894. The van der Waals surface area contributed by atoms with Crippen LogP contribution in [0.15, 0.2) is 75.6 Å². The smallest absolute Gasteiger partial charge is 0.291 e. The van der Waals surface area contributed by atoms with Gasteiger partial charge < -0.3 is 24.2 Å². The molecule has 0 radical (unpaired) electrons. The van der Waals surface area contributed by atoms with Crippen LogP contribution in [0.25, 0.3) is 6.08 Å². The average Bonchev–Trinajstić information content (AvgIpc) is 3.35. The minimum absolute atomic E-state index is 0.0113. The molecule has 0 saturated carbocycles. The lowest BCUT2D eigenvalue weighted by Gasteiger charge is -2.10. The molecule has 3 aromatic rings. The highest BCUT2D eigenvalue weighted by Gasteiger charge is 2.17. The maximum absolute atomic E-state index is 12.6. The van der Waals surface area contributed by atoms with Crippen molar-refractivity contribution >= 4 is 23.6 Å². The van der Waals surface area contributed by atoms with E-state index in [4.69, 9.17) is 13.6 Å². The number of hydrogen-bond acceptors (Lipinski definition) is 5. The maximum Gasteiger partial charge on any atom is 0.291 e. The van der Waals surface area contributed by atoms with Crippen molar-refractivity contribution in [2.24, 2.45) is 0 Å². The first kappa shape index (κ1) is 17.1. The van der Waals surface area contributed by atoms with Gasteiger partial charge in [0, 0.05) is 11.8 Å². The minimum atomic E-state index is -0.544. The molecule has 0 fully saturated rings. The highest BCUT2D eigenvalue weighted by molar-refractivity contribution is 6.10. The first-order chi connectivity index (χ1) is 12.7. The van der Waals surface area contributed by atoms with E-state index in [9.17, 15) is 9.59 Å². The number of benzene rings is 1. The molecule has 0 bridgehead atoms. The van der Waals surface area contributed by atoms with Crippen LogP contribution in [0.2, 0.25) is 0 Å². The van der Waals surface area contributed by atoms with Crippen molar-refractivity contribution in [3.05, 3.63) is 78.3 Å². The fraction of sp³-hybridized carbons (Fsp3) is 0.0526. The normalized spacial score (nSPS) is 11.0. The Kier molecular flexibility index (Phi) is 5.19. The number of carbonyl (C=O) groups excluding carboxylic acids is 2. The molecule has 1 aromatic carbocycles. The molecule has 0 aliphatic carbocycles. The van der Waals surface area contributed by atoms with Crippen LogP contribution in [0.3, 0.4) is 0 Å². The molecule has 7 nitrogen and oxygen atoms in total. The van der Waals surface area contributed by atoms with Gasteiger partial charge in [-0.1, -0.05) is 0 Å². The van der Waals surface area contributed by atoms with Crippen molar-refractivity contribution < 1.29 is 23.2 Å². The molecule has 0 spiro atoms. The Morgan fingerprint density at radius 2 is 1.73 bits per heavy atom. The molecule has 2 amide bonds. The number of ether oxygens (including phenoxy) is 1. The molecule has 7 heteroatoms. The summed E-state index contributed by atoms with van der Waals surface area (Å²) in [7, 11) is 1.56. The lowest BCUT2D eigenvalue weighted by atomic mass is 10.2. The second-order valence-electron chi connectivity index (χ2n) is 5.19. The molecule has 0 unspecified atom stereocenters. The summed E-state index contributed by atoms with van der Waals surface area (Å²) in [6.45, 7) is 0. The monoisotopic (exact) mass is 352 g/mol. The van der Waals surface area contributed by atoms with Gasteiger partial charge in [0.15, 0.2) is 5.76 Å². The number of carbonyl (C=O) groups is 2. The van der Waals surface area contributed by atoms with Crippen molar-refractivity contribution in [2.45, 2.75) is 0 Å². The molecule has 0 atom stereocenters. The Labute approximate surface area is 149 Å². The molecule has 0 aliphatic rings. The summed E-state index contributed by atoms with van der Waals surface area (Å²) >= 11 is 0. The molecule has 3 rings (SSSR count). The third-order valence-corrected chi connectivity index (χ3v) is 3.42. The summed E-state index contributed by atoms with van der Waals surface area (Å²) in [4.78, 5) is 24.8. The van der Waals surface area contributed by atoms with Gasteiger partial charge in [-0.25, -0.2) is 0 Å². The van der Waals surface area contributed by atoms with E-state index in [2.05, 4.69) is 10.6 Å². The summed E-state index contributed by atoms with van der Waals surface area (Å²) in [6.07, 6.45) is 4.28. The van der Waals surface area contributed by atoms with Gasteiger partial charge in [0.2, 0.25) is 0 Å². The van der Waals surface area contributed by atoms with Crippen molar-refractivity contribution in [2.75, 3.05) is 12.4 Å². The molecule has 2 heterocycles. The van der Waals surface area contributed by atoms with E-state index >= 15 is 0 Å². The van der Waals surface area contributed by atoms with Crippen molar-refractivity contribution in [1.82, 2.24) is 5.32 Å². The van der Waals surface area contributed by atoms with Crippen LogP contribution < -0.4 is 15.4 Å². The van der Waals surface area contributed by atoms with E-state index in [0.717, 1.165) is 0 Å². The van der Waals surface area contributed by atoms with Gasteiger partial charge in [-0.2, -0.15) is 0 Å². The van der Waals surface area contributed by atoms with Gasteiger partial charge in [0.25, 0.3) is 11.8 Å². The van der Waals surface area contributed by atoms with Crippen LogP contribution in [0.1, 0.15) is 16.3 Å². The molecule has 132 valence electrons. The Morgan fingerprint density at radius 1 is 1.00 bits per heavy atom. The lowest BCUT2D eigenvalue weighted by molar-refractivity contribution is -0.113. The highest BCUT2D eigenvalue weighted by Crippen LogP contribution is 2.16. The number of furan rings is 2. The Morgan fingerprint density at radius 3 is 2.35 bits per heavy atom. The van der Waals surface area contributed by atoms with E-state index in [1.54, 1.807) is 49.6 Å². The number of methoxy groups -OCH3 is 1. The quantitative estimate of drug-likeness (QED) is 0.664. The number of amides is 2. The van der Waals surface area contributed by atoms with Crippen LogP contribution in [0, 0.1) is 0 Å². The van der Waals surface area contributed by atoms with Crippen molar-refractivity contribution in [1.29, 1.82) is 0 Å². The first-order valence-electron chi connectivity index (χ1n) is 7.71. The Hall–Kier alpha value is -3.74. The van der Waals surface area contributed by atoms with E-state index in [-0.39, 0.29) is 11.5 Å². The zero-order valence-electron chi connectivity index (χ0n) is 13.9. The van der Waals surface area contributed by atoms with Gasteiger partial charge in [0.05, 0.1) is 19.6 Å². The molecule has 2 N–H and O–H groups in total. The number of anilines is 1. The van der Waals surface area contributed by atoms with Crippen LogP contribution in [0.5, 0.6) is 5.75 Å². The number of nitrogens with one attached hydrogen (secondary N) is 2. The third kappa shape index (κ3) is 4.21. The zero-order valence-corrected chi connectivity index (χ0v) is 13.9. The van der Waals surface area contributed by atoms with Crippen molar-refractivity contribution in [3.8, 4) is 5.75 Å². The van der Waals surface area contributed by atoms with E-state index < -0.39 is 11.8 Å². The van der Waals surface area contributed by atoms with Crippen LogP contribution >= 0.6 is 0 Å². The average molecular weight is 352 g/mol. The SMILES string of the molecule is COc1ccc(NC(=O)C(=Cc2ccco2)NC(=O)c2ccco2)cc1. The summed E-state index contributed by atoms with van der Waals surface area (Å²) < 4.78 is 15.3. The van der Waals surface area contributed by atoms with Gasteiger partial charge in [-0.15, -0.1) is 0 Å². The van der Waals surface area contributed by atoms with Crippen LogP contribution in [-0.2, 0) is 4.79 Å². The molecular formula is C19H16N2O5. The van der Waals surface area contributed by atoms with E-state index in [1.165, 1.54) is 24.7 Å². The number of rotatable bonds is 6. The minimum Gasteiger partial charge on any atom is -0.497 e. The second kappa shape index (κ2) is 7.89. The predicted octanol–water partition coefficient (Wildman–Crippen LogP) is 3.29. The zero-order chi connectivity index (χ0) is 18.4. The summed E-state index contributed by atoms with van der Waals surface area (Å²) in [5.41, 5.74) is 0.561. The molecular weight excluding hydrogens is 336 g/mol. The maximum atomic E-state index is 12.6. The number of hydrogen-bond donors (Lipinski definition) is 2. The predicted molar refractivity (Wildman–Crippen MR) is 94.5 cm³/mol. The fourth-order valence-corrected chi connectivity index (χ4v) is 2.14. The van der Waals surface area contributed by atoms with Gasteiger partial charge in [0.1, 0.15) is 17.2 Å². The molecule has 26 heavy (non-hydrogen) atoms. The standard InChI is InChI=1S/C19H16N2O5/c1-24-14-8-6-13(7-9-14)20-18(22)16(12-15-4-2-10-25-15)21-19(23)17-5-3-11-26-17/h2-12H,1H3,(H,20,22)(H,21,23). The third-order valence-electron chi connectivity index (χ3n) is 3.42. The first-order valence-corrected chi connectivity index (χ1v) is 7.71. The largest absolute Gasteiger partial charge is 0.497 e. The summed E-state index contributed by atoms with van der Waals surface area (Å²) in [5.74, 6) is 0.127. The topological polar surface area (TPSA) is 93.7 Å². The van der Waals surface area contributed by atoms with Gasteiger partial charge >= 0.3 is 0 Å². The summed E-state index contributed by atoms with van der Waals surface area (Å²) in [5, 5.41) is 5.24. The summed E-state index contributed by atoms with van der Waals surface area (Å²) in [6, 6.07) is 13.2. The van der Waals surface area contributed by atoms with Crippen LogP contribution in [-0.4, -0.2) is 18.9 Å². The second-order valence-corrected chi connectivity index (χ2v) is 5.19. The van der Waals surface area contributed by atoms with Gasteiger partial charge in [-0.05, 0) is 48.5 Å².